The Kier molecular flexibility index (Phi) is 4.94. The molecule has 2 saturated heterocycles. The summed E-state index contributed by atoms with van der Waals surface area (Å²) in [7, 11) is 0. The van der Waals surface area contributed by atoms with E-state index in [9.17, 15) is 22.8 Å². The van der Waals surface area contributed by atoms with Gasteiger partial charge in [-0.05, 0) is 6.42 Å². The van der Waals surface area contributed by atoms with Crippen LogP contribution in [0, 0.1) is 5.41 Å². The molecule has 0 saturated carbocycles. The van der Waals surface area contributed by atoms with Gasteiger partial charge >= 0.3 is 6.18 Å². The second-order valence-electron chi connectivity index (χ2n) is 7.26. The van der Waals surface area contributed by atoms with Crippen molar-refractivity contribution < 1.29 is 22.8 Å². The quantitative estimate of drug-likeness (QED) is 0.765. The van der Waals surface area contributed by atoms with Gasteiger partial charge in [-0.3, -0.25) is 14.5 Å². The van der Waals surface area contributed by atoms with Crippen LogP contribution in [-0.4, -0.2) is 78.0 Å². The van der Waals surface area contributed by atoms with Crippen molar-refractivity contribution in [3.63, 3.8) is 0 Å². The Labute approximate surface area is 134 Å². The van der Waals surface area contributed by atoms with Crippen LogP contribution in [0.5, 0.6) is 0 Å². The number of hydrogen-bond acceptors (Lipinski definition) is 3. The van der Waals surface area contributed by atoms with E-state index in [0.29, 0.717) is 32.6 Å². The fourth-order valence-electron chi connectivity index (χ4n) is 3.15. The summed E-state index contributed by atoms with van der Waals surface area (Å²) < 4.78 is 37.4. The maximum Gasteiger partial charge on any atom is 0.406 e. The summed E-state index contributed by atoms with van der Waals surface area (Å²) in [6, 6.07) is -0.482. The third kappa shape index (κ3) is 4.37. The van der Waals surface area contributed by atoms with Crippen LogP contribution in [0.15, 0.2) is 0 Å². The second kappa shape index (κ2) is 6.30. The minimum Gasteiger partial charge on any atom is -0.340 e. The lowest BCUT2D eigenvalue weighted by Gasteiger charge is -2.39. The van der Waals surface area contributed by atoms with E-state index >= 15 is 0 Å². The van der Waals surface area contributed by atoms with Crippen molar-refractivity contribution in [3.8, 4) is 0 Å². The molecule has 0 aromatic carbocycles. The van der Waals surface area contributed by atoms with E-state index in [0.717, 1.165) is 4.90 Å². The molecule has 0 bridgehead atoms. The summed E-state index contributed by atoms with van der Waals surface area (Å²) >= 11 is 0. The zero-order chi connectivity index (χ0) is 17.4. The Balaban J connectivity index is 1.89. The van der Waals surface area contributed by atoms with Crippen molar-refractivity contribution in [1.29, 1.82) is 0 Å². The van der Waals surface area contributed by atoms with Crippen LogP contribution >= 0.6 is 0 Å². The number of likely N-dealkylation sites (tertiary alicyclic amines) is 1. The molecule has 0 aromatic rings. The summed E-state index contributed by atoms with van der Waals surface area (Å²) in [4.78, 5) is 29.0. The first-order chi connectivity index (χ1) is 10.5. The largest absolute Gasteiger partial charge is 0.406 e. The summed E-state index contributed by atoms with van der Waals surface area (Å²) in [5.74, 6) is -0.383. The van der Waals surface area contributed by atoms with E-state index in [1.165, 1.54) is 0 Å². The van der Waals surface area contributed by atoms with Crippen LogP contribution in [0.3, 0.4) is 0 Å². The lowest BCUT2D eigenvalue weighted by atomic mass is 9.94. The Morgan fingerprint density at radius 3 is 2.13 bits per heavy atom. The number of piperazine rings is 1. The van der Waals surface area contributed by atoms with Gasteiger partial charge in [-0.1, -0.05) is 20.8 Å². The number of rotatable bonds is 2. The summed E-state index contributed by atoms with van der Waals surface area (Å²) in [5, 5.41) is 0. The van der Waals surface area contributed by atoms with E-state index in [1.807, 2.05) is 25.7 Å². The molecule has 0 spiro atoms. The number of amides is 2. The highest BCUT2D eigenvalue weighted by atomic mass is 19.4. The zero-order valence-corrected chi connectivity index (χ0v) is 13.8. The molecule has 0 aromatic heterocycles. The van der Waals surface area contributed by atoms with E-state index in [1.54, 1.807) is 4.90 Å². The molecule has 2 aliphatic rings. The molecule has 0 N–H and O–H groups in total. The molecule has 8 heteroatoms. The number of carbonyl (C=O) groups is 2. The van der Waals surface area contributed by atoms with Gasteiger partial charge in [0.15, 0.2) is 0 Å². The van der Waals surface area contributed by atoms with Crippen LogP contribution < -0.4 is 0 Å². The molecule has 0 unspecified atom stereocenters. The monoisotopic (exact) mass is 335 g/mol. The summed E-state index contributed by atoms with van der Waals surface area (Å²) in [6.45, 7) is 6.62. The second-order valence-corrected chi connectivity index (χ2v) is 7.26. The molecular weight excluding hydrogens is 311 g/mol. The highest BCUT2D eigenvalue weighted by Gasteiger charge is 2.42. The van der Waals surface area contributed by atoms with Gasteiger partial charge in [-0.2, -0.15) is 13.2 Å². The number of halogens is 3. The predicted octanol–water partition coefficient (Wildman–Crippen LogP) is 1.34. The average Bonchev–Trinajstić information content (AvgIpc) is 2.77. The van der Waals surface area contributed by atoms with Crippen molar-refractivity contribution in [2.75, 3.05) is 39.3 Å². The molecule has 2 fully saturated rings. The van der Waals surface area contributed by atoms with Gasteiger partial charge in [0.2, 0.25) is 11.8 Å². The molecule has 0 radical (unpaired) electrons. The standard InChI is InChI=1S/C15H24F3N3O2/c1-14(2,3)13(23)20-8-6-19(7-9-20)11-4-5-21(12(11)22)10-15(16,17)18/h11H,4-10H2,1-3H3/t11-/m0/s1. The third-order valence-corrected chi connectivity index (χ3v) is 4.32. The highest BCUT2D eigenvalue weighted by Crippen LogP contribution is 2.25. The van der Waals surface area contributed by atoms with Gasteiger partial charge < -0.3 is 9.80 Å². The minimum absolute atomic E-state index is 0.0635. The minimum atomic E-state index is -4.36. The van der Waals surface area contributed by atoms with Crippen LogP contribution in [-0.2, 0) is 9.59 Å². The van der Waals surface area contributed by atoms with Crippen LogP contribution in [0.4, 0.5) is 13.2 Å². The van der Waals surface area contributed by atoms with Gasteiger partial charge in [0.25, 0.3) is 0 Å². The van der Waals surface area contributed by atoms with E-state index in [4.69, 9.17) is 0 Å². The number of hydrogen-bond donors (Lipinski definition) is 0. The smallest absolute Gasteiger partial charge is 0.340 e. The number of carbonyl (C=O) groups excluding carboxylic acids is 2. The third-order valence-electron chi connectivity index (χ3n) is 4.32. The molecule has 2 rings (SSSR count). The summed E-state index contributed by atoms with van der Waals surface area (Å²) in [6.07, 6.45) is -3.94. The lowest BCUT2D eigenvalue weighted by molar-refractivity contribution is -0.159. The van der Waals surface area contributed by atoms with Crippen molar-refractivity contribution in [2.45, 2.75) is 39.4 Å². The Hall–Kier alpha value is -1.31. The number of alkyl halides is 3. The SMILES string of the molecule is CC(C)(C)C(=O)N1CCN([C@H]2CCN(CC(F)(F)F)C2=O)CC1. The van der Waals surface area contributed by atoms with Crippen molar-refractivity contribution in [3.05, 3.63) is 0 Å². The van der Waals surface area contributed by atoms with Gasteiger partial charge in [-0.15, -0.1) is 0 Å². The molecular formula is C15H24F3N3O2. The highest BCUT2D eigenvalue weighted by molar-refractivity contribution is 5.84. The van der Waals surface area contributed by atoms with Crippen LogP contribution in [0.1, 0.15) is 27.2 Å². The van der Waals surface area contributed by atoms with Crippen molar-refractivity contribution >= 4 is 11.8 Å². The van der Waals surface area contributed by atoms with Crippen molar-refractivity contribution in [1.82, 2.24) is 14.7 Å². The maximum absolute atomic E-state index is 12.5. The van der Waals surface area contributed by atoms with Crippen molar-refractivity contribution in [2.24, 2.45) is 5.41 Å². The molecule has 5 nitrogen and oxygen atoms in total. The maximum atomic E-state index is 12.5. The molecule has 23 heavy (non-hydrogen) atoms. The fourth-order valence-corrected chi connectivity index (χ4v) is 3.15. The topological polar surface area (TPSA) is 43.9 Å². The first kappa shape index (κ1) is 18.0. The van der Waals surface area contributed by atoms with E-state index in [-0.39, 0.29) is 12.5 Å². The normalized spacial score (nSPS) is 24.4. The molecule has 2 amide bonds. The fraction of sp³-hybridized carbons (Fsp3) is 0.867. The van der Waals surface area contributed by atoms with Crippen LogP contribution in [0.2, 0.25) is 0 Å². The van der Waals surface area contributed by atoms with Gasteiger partial charge in [0.05, 0.1) is 6.04 Å². The first-order valence-electron chi connectivity index (χ1n) is 7.88. The Morgan fingerprint density at radius 2 is 1.65 bits per heavy atom. The van der Waals surface area contributed by atoms with Gasteiger partial charge in [0, 0.05) is 38.1 Å². The molecule has 132 valence electrons. The summed E-state index contributed by atoms with van der Waals surface area (Å²) in [5.41, 5.74) is -0.450. The van der Waals surface area contributed by atoms with Gasteiger partial charge in [-0.25, -0.2) is 0 Å². The molecule has 1 atom stereocenters. The van der Waals surface area contributed by atoms with E-state index < -0.39 is 30.1 Å². The van der Waals surface area contributed by atoms with E-state index in [2.05, 4.69) is 0 Å². The molecule has 2 aliphatic heterocycles. The predicted molar refractivity (Wildman–Crippen MR) is 78.6 cm³/mol. The zero-order valence-electron chi connectivity index (χ0n) is 13.8. The van der Waals surface area contributed by atoms with Gasteiger partial charge in [0.1, 0.15) is 6.54 Å². The number of nitrogens with zero attached hydrogens (tertiary/aromatic N) is 3. The van der Waals surface area contributed by atoms with Crippen LogP contribution in [0.25, 0.3) is 0 Å². The molecule has 2 heterocycles. The first-order valence-corrected chi connectivity index (χ1v) is 7.88. The lowest BCUT2D eigenvalue weighted by Crippen LogP contribution is -2.55. The Morgan fingerprint density at radius 1 is 1.09 bits per heavy atom. The average molecular weight is 335 g/mol. The molecule has 0 aliphatic carbocycles. The Bertz CT molecular complexity index is 466.